The molecule has 4 aromatic rings. The number of thioether (sulfide) groups is 1. The van der Waals surface area contributed by atoms with E-state index >= 15 is 0 Å². The number of carbonyl (C=O) groups excluding carboxylic acids is 1. The fourth-order valence-electron chi connectivity index (χ4n) is 3.35. The summed E-state index contributed by atoms with van der Waals surface area (Å²) in [5.41, 5.74) is 2.65. The minimum absolute atomic E-state index is 0.0770. The Kier molecular flexibility index (Phi) is 6.92. The molecule has 4 rings (SSSR count). The van der Waals surface area contributed by atoms with Crippen LogP contribution in [0, 0.1) is 0 Å². The summed E-state index contributed by atoms with van der Waals surface area (Å²) in [4.78, 5) is 33.5. The van der Waals surface area contributed by atoms with Crippen molar-refractivity contribution in [2.24, 2.45) is 0 Å². The average Bonchev–Trinajstić information content (AvgIpc) is 3.26. The summed E-state index contributed by atoms with van der Waals surface area (Å²) in [5, 5.41) is 5.22. The van der Waals surface area contributed by atoms with E-state index in [-0.39, 0.29) is 16.7 Å². The summed E-state index contributed by atoms with van der Waals surface area (Å²) in [7, 11) is 1.61. The van der Waals surface area contributed by atoms with Gasteiger partial charge in [-0.3, -0.25) is 9.59 Å². The maximum Gasteiger partial charge on any atom is 0.260 e. The van der Waals surface area contributed by atoms with E-state index in [1.54, 1.807) is 7.11 Å². The van der Waals surface area contributed by atoms with Crippen molar-refractivity contribution in [3.05, 3.63) is 81.7 Å². The number of methoxy groups -OCH3 is 1. The van der Waals surface area contributed by atoms with Crippen LogP contribution in [0.25, 0.3) is 21.3 Å². The summed E-state index contributed by atoms with van der Waals surface area (Å²) in [6.07, 6.45) is 0. The van der Waals surface area contributed by atoms with Crippen LogP contribution in [0.4, 0.5) is 0 Å². The summed E-state index contributed by atoms with van der Waals surface area (Å²) in [5.74, 6) is 1.67. The quantitative estimate of drug-likeness (QED) is 0.397. The number of aromatic amines is 1. The summed E-state index contributed by atoms with van der Waals surface area (Å²) in [6.45, 7) is 2.24. The molecule has 2 aromatic carbocycles. The fourth-order valence-corrected chi connectivity index (χ4v) is 5.09. The molecule has 0 aliphatic heterocycles. The smallest absolute Gasteiger partial charge is 0.260 e. The zero-order valence-electron chi connectivity index (χ0n) is 17.8. The molecule has 2 N–H and O–H groups in total. The number of para-hydroxylation sites is 1. The van der Waals surface area contributed by atoms with E-state index in [0.29, 0.717) is 28.3 Å². The third kappa shape index (κ3) is 4.87. The van der Waals surface area contributed by atoms with Gasteiger partial charge in [0, 0.05) is 23.1 Å². The van der Waals surface area contributed by atoms with Gasteiger partial charge in [0.25, 0.3) is 5.56 Å². The van der Waals surface area contributed by atoms with Gasteiger partial charge in [-0.25, -0.2) is 4.98 Å². The standard InChI is InChI=1S/C24H23N3O3S2/c1-15(22(28)25-12-17-10-6-7-11-19(17)30-2)31-14-20-26-23(29)21-18(13-32-24(21)27-20)16-8-4-3-5-9-16/h3-11,13,15H,12,14H2,1-2H3,(H,25,28)(H,26,27,29)/t15-/m0/s1. The molecule has 0 aliphatic carbocycles. The molecule has 1 amide bonds. The van der Waals surface area contributed by atoms with Gasteiger partial charge in [-0.15, -0.1) is 23.1 Å². The highest BCUT2D eigenvalue weighted by molar-refractivity contribution is 7.99. The zero-order chi connectivity index (χ0) is 22.5. The van der Waals surface area contributed by atoms with Crippen molar-refractivity contribution in [1.82, 2.24) is 15.3 Å². The van der Waals surface area contributed by atoms with Gasteiger partial charge >= 0.3 is 0 Å². The lowest BCUT2D eigenvalue weighted by Crippen LogP contribution is -2.30. The molecule has 0 radical (unpaired) electrons. The van der Waals surface area contributed by atoms with Crippen molar-refractivity contribution in [2.45, 2.75) is 24.5 Å². The molecule has 2 heterocycles. The molecular weight excluding hydrogens is 442 g/mol. The summed E-state index contributed by atoms with van der Waals surface area (Å²) < 4.78 is 5.32. The molecule has 0 saturated heterocycles. The van der Waals surface area contributed by atoms with Crippen molar-refractivity contribution in [3.63, 3.8) is 0 Å². The van der Waals surface area contributed by atoms with E-state index in [4.69, 9.17) is 4.74 Å². The first-order chi connectivity index (χ1) is 15.6. The van der Waals surface area contributed by atoms with Crippen LogP contribution in [0.1, 0.15) is 18.3 Å². The minimum Gasteiger partial charge on any atom is -0.496 e. The predicted octanol–water partition coefficient (Wildman–Crippen LogP) is 4.60. The van der Waals surface area contributed by atoms with Gasteiger partial charge in [0.05, 0.1) is 23.5 Å². The Bertz CT molecular complexity index is 1280. The second-order valence-electron chi connectivity index (χ2n) is 7.19. The Morgan fingerprint density at radius 2 is 1.94 bits per heavy atom. The number of hydrogen-bond donors (Lipinski definition) is 2. The monoisotopic (exact) mass is 465 g/mol. The molecular formula is C24H23N3O3S2. The van der Waals surface area contributed by atoms with Gasteiger partial charge < -0.3 is 15.0 Å². The number of carbonyl (C=O) groups is 1. The number of amides is 1. The third-order valence-electron chi connectivity index (χ3n) is 5.06. The number of nitrogens with one attached hydrogen (secondary N) is 2. The molecule has 0 spiro atoms. The lowest BCUT2D eigenvalue weighted by molar-refractivity contribution is -0.120. The molecule has 32 heavy (non-hydrogen) atoms. The van der Waals surface area contributed by atoms with Crippen LogP contribution in [-0.2, 0) is 17.1 Å². The fraction of sp³-hybridized carbons (Fsp3) is 0.208. The van der Waals surface area contributed by atoms with E-state index in [1.807, 2.05) is 66.9 Å². The molecule has 0 unspecified atom stereocenters. The van der Waals surface area contributed by atoms with Gasteiger partial charge in [0.1, 0.15) is 16.4 Å². The Hall–Kier alpha value is -3.10. The molecule has 0 aliphatic rings. The van der Waals surface area contributed by atoms with Crippen molar-refractivity contribution in [2.75, 3.05) is 7.11 Å². The number of hydrogen-bond acceptors (Lipinski definition) is 6. The molecule has 2 aromatic heterocycles. The highest BCUT2D eigenvalue weighted by atomic mass is 32.2. The van der Waals surface area contributed by atoms with Gasteiger partial charge in [-0.05, 0) is 18.6 Å². The zero-order valence-corrected chi connectivity index (χ0v) is 19.4. The second-order valence-corrected chi connectivity index (χ2v) is 9.38. The maximum absolute atomic E-state index is 12.8. The number of aromatic nitrogens is 2. The van der Waals surface area contributed by atoms with E-state index in [9.17, 15) is 9.59 Å². The van der Waals surface area contributed by atoms with Crippen molar-refractivity contribution in [3.8, 4) is 16.9 Å². The van der Waals surface area contributed by atoms with Crippen molar-refractivity contribution < 1.29 is 9.53 Å². The normalized spacial score (nSPS) is 11.9. The first-order valence-corrected chi connectivity index (χ1v) is 12.1. The number of H-pyrrole nitrogens is 1. The lowest BCUT2D eigenvalue weighted by Gasteiger charge is -2.13. The van der Waals surface area contributed by atoms with Crippen LogP contribution in [0.3, 0.4) is 0 Å². The number of rotatable bonds is 8. The van der Waals surface area contributed by atoms with E-state index in [0.717, 1.165) is 22.4 Å². The minimum atomic E-state index is -0.297. The lowest BCUT2D eigenvalue weighted by atomic mass is 10.1. The topological polar surface area (TPSA) is 84.1 Å². The number of nitrogens with zero attached hydrogens (tertiary/aromatic N) is 1. The van der Waals surface area contributed by atoms with Gasteiger partial charge in [0.15, 0.2) is 0 Å². The molecule has 6 nitrogen and oxygen atoms in total. The van der Waals surface area contributed by atoms with Crippen LogP contribution in [0.2, 0.25) is 0 Å². The van der Waals surface area contributed by atoms with E-state index in [1.165, 1.54) is 23.1 Å². The molecule has 164 valence electrons. The van der Waals surface area contributed by atoms with Crippen molar-refractivity contribution >= 4 is 39.2 Å². The van der Waals surface area contributed by atoms with Gasteiger partial charge in [-0.2, -0.15) is 0 Å². The van der Waals surface area contributed by atoms with E-state index in [2.05, 4.69) is 15.3 Å². The van der Waals surface area contributed by atoms with Crippen LogP contribution >= 0.6 is 23.1 Å². The Balaban J connectivity index is 1.40. The highest BCUT2D eigenvalue weighted by Crippen LogP contribution is 2.30. The SMILES string of the molecule is COc1ccccc1CNC(=O)[C@H](C)SCc1nc2scc(-c3ccccc3)c2c(=O)[nH]1. The predicted molar refractivity (Wildman–Crippen MR) is 131 cm³/mol. The Morgan fingerprint density at radius 1 is 1.19 bits per heavy atom. The van der Waals surface area contributed by atoms with Crippen LogP contribution in [0.5, 0.6) is 5.75 Å². The van der Waals surface area contributed by atoms with Gasteiger partial charge in [-0.1, -0.05) is 48.5 Å². The molecule has 1 atom stereocenters. The number of thiophene rings is 1. The number of benzene rings is 2. The van der Waals surface area contributed by atoms with Crippen LogP contribution < -0.4 is 15.6 Å². The molecule has 0 saturated carbocycles. The molecule has 0 bridgehead atoms. The average molecular weight is 466 g/mol. The Morgan fingerprint density at radius 3 is 2.72 bits per heavy atom. The van der Waals surface area contributed by atoms with E-state index < -0.39 is 0 Å². The second kappa shape index (κ2) is 10.0. The van der Waals surface area contributed by atoms with Gasteiger partial charge in [0.2, 0.25) is 5.91 Å². The van der Waals surface area contributed by atoms with Crippen molar-refractivity contribution in [1.29, 1.82) is 0 Å². The third-order valence-corrected chi connectivity index (χ3v) is 7.09. The number of ether oxygens (including phenoxy) is 1. The maximum atomic E-state index is 12.8. The largest absolute Gasteiger partial charge is 0.496 e. The van der Waals surface area contributed by atoms with Crippen LogP contribution in [0.15, 0.2) is 64.8 Å². The number of fused-ring (bicyclic) bond motifs is 1. The first kappa shape index (κ1) is 22.1. The Labute approximate surface area is 194 Å². The van der Waals surface area contributed by atoms with Crippen LogP contribution in [-0.4, -0.2) is 28.2 Å². The first-order valence-electron chi connectivity index (χ1n) is 10.1. The molecule has 0 fully saturated rings. The molecule has 8 heteroatoms. The summed E-state index contributed by atoms with van der Waals surface area (Å²) in [6, 6.07) is 17.4. The summed E-state index contributed by atoms with van der Waals surface area (Å²) >= 11 is 2.89. The highest BCUT2D eigenvalue weighted by Gasteiger charge is 2.17.